The number of aliphatic hydroxyl groups is 2. The third-order valence-electron chi connectivity index (χ3n) is 4.56. The number of carbonyl (C=O) groups excluding carboxylic acids is 1. The van der Waals surface area contributed by atoms with Crippen LogP contribution in [-0.2, 0) is 19.4 Å². The third-order valence-corrected chi connectivity index (χ3v) is 4.56. The van der Waals surface area contributed by atoms with Crippen LogP contribution in [0.4, 0.5) is 16.0 Å². The average molecular weight is 444 g/mol. The molecule has 0 spiro atoms. The molecule has 11 heteroatoms. The van der Waals surface area contributed by atoms with Gasteiger partial charge in [-0.15, -0.1) is 0 Å². The van der Waals surface area contributed by atoms with Crippen LogP contribution in [-0.4, -0.2) is 55.8 Å². The number of aromatic nitrogens is 4. The van der Waals surface area contributed by atoms with Gasteiger partial charge in [-0.2, -0.15) is 5.10 Å². The number of halogens is 1. The molecule has 0 aliphatic carbocycles. The molecule has 0 bridgehead atoms. The van der Waals surface area contributed by atoms with E-state index in [1.807, 2.05) is 0 Å². The van der Waals surface area contributed by atoms with Crippen molar-refractivity contribution in [2.75, 3.05) is 19.5 Å². The molecule has 10 nitrogen and oxygen atoms in total. The third kappa shape index (κ3) is 5.99. The van der Waals surface area contributed by atoms with Gasteiger partial charge in [0.25, 0.3) is 5.91 Å². The summed E-state index contributed by atoms with van der Waals surface area (Å²) in [5.41, 5.74) is 2.05. The second-order valence-corrected chi connectivity index (χ2v) is 7.41. The van der Waals surface area contributed by atoms with E-state index in [1.54, 1.807) is 18.6 Å². The summed E-state index contributed by atoms with van der Waals surface area (Å²) >= 11 is 0. The maximum atomic E-state index is 14.6. The molecule has 0 radical (unpaired) electrons. The Morgan fingerprint density at radius 1 is 1.22 bits per heavy atom. The number of amides is 1. The van der Waals surface area contributed by atoms with Crippen molar-refractivity contribution in [2.45, 2.75) is 32.1 Å². The van der Waals surface area contributed by atoms with Crippen molar-refractivity contribution >= 4 is 17.5 Å². The number of nitrogens with zero attached hydrogens (tertiary/aromatic N) is 4. The first-order chi connectivity index (χ1) is 15.2. The van der Waals surface area contributed by atoms with Crippen molar-refractivity contribution in [3.8, 4) is 5.75 Å². The number of ether oxygens (including phenoxy) is 1. The molecule has 0 atom stereocenters. The van der Waals surface area contributed by atoms with Gasteiger partial charge in [0.1, 0.15) is 0 Å². The predicted molar refractivity (Wildman–Crippen MR) is 114 cm³/mol. The van der Waals surface area contributed by atoms with E-state index in [0.29, 0.717) is 35.6 Å². The number of aryl methyl sites for hydroxylation is 2. The van der Waals surface area contributed by atoms with Crippen LogP contribution in [0.1, 0.15) is 28.4 Å². The van der Waals surface area contributed by atoms with E-state index >= 15 is 0 Å². The van der Waals surface area contributed by atoms with E-state index in [0.717, 1.165) is 5.56 Å². The van der Waals surface area contributed by atoms with E-state index in [4.69, 9.17) is 4.74 Å². The van der Waals surface area contributed by atoms with Crippen molar-refractivity contribution in [2.24, 2.45) is 0 Å². The lowest BCUT2D eigenvalue weighted by atomic mass is 10.0. The van der Waals surface area contributed by atoms with E-state index in [9.17, 15) is 19.4 Å². The van der Waals surface area contributed by atoms with Crippen LogP contribution < -0.4 is 15.4 Å². The minimum Gasteiger partial charge on any atom is -0.494 e. The monoisotopic (exact) mass is 444 g/mol. The standard InChI is InChI=1S/C21H25FN6O4/c1-21(30,31)12-28-11-16(10-26-28)27-20-24-8-13(9-25-20)4-5-14-6-15(19(29)23-2)7-17(32-3)18(14)22/h6-11,30-31H,4-5,12H2,1-3H3,(H,23,29)(H,24,25,27). The number of hydrogen-bond donors (Lipinski definition) is 4. The molecule has 170 valence electrons. The summed E-state index contributed by atoms with van der Waals surface area (Å²) < 4.78 is 21.0. The number of nitrogens with one attached hydrogen (secondary N) is 2. The normalized spacial score (nSPS) is 11.3. The van der Waals surface area contributed by atoms with Gasteiger partial charge in [0.2, 0.25) is 5.95 Å². The van der Waals surface area contributed by atoms with Crippen molar-refractivity contribution in [3.05, 3.63) is 59.4 Å². The highest BCUT2D eigenvalue weighted by atomic mass is 19.1. The largest absolute Gasteiger partial charge is 0.494 e. The van der Waals surface area contributed by atoms with Gasteiger partial charge in [0.15, 0.2) is 17.4 Å². The van der Waals surface area contributed by atoms with Crippen LogP contribution in [0.5, 0.6) is 5.75 Å². The molecule has 32 heavy (non-hydrogen) atoms. The molecule has 3 aromatic rings. The van der Waals surface area contributed by atoms with Gasteiger partial charge in [-0.25, -0.2) is 14.4 Å². The fraction of sp³-hybridized carbons (Fsp3) is 0.333. The van der Waals surface area contributed by atoms with E-state index in [2.05, 4.69) is 25.7 Å². The topological polar surface area (TPSA) is 134 Å². The van der Waals surface area contributed by atoms with Crippen LogP contribution >= 0.6 is 0 Å². The Morgan fingerprint density at radius 2 is 1.94 bits per heavy atom. The van der Waals surface area contributed by atoms with Crippen LogP contribution in [0.25, 0.3) is 0 Å². The lowest BCUT2D eigenvalue weighted by Crippen LogP contribution is -2.29. The molecule has 0 saturated heterocycles. The Hall–Kier alpha value is -3.57. The minimum absolute atomic E-state index is 0.0140. The number of carbonyl (C=O) groups is 1. The summed E-state index contributed by atoms with van der Waals surface area (Å²) in [7, 11) is 2.86. The number of rotatable bonds is 9. The number of anilines is 2. The smallest absolute Gasteiger partial charge is 0.251 e. The first kappa shape index (κ1) is 23.1. The van der Waals surface area contributed by atoms with Crippen molar-refractivity contribution in [3.63, 3.8) is 0 Å². The maximum Gasteiger partial charge on any atom is 0.251 e. The van der Waals surface area contributed by atoms with E-state index in [1.165, 1.54) is 44.1 Å². The Balaban J connectivity index is 1.65. The zero-order chi connectivity index (χ0) is 23.3. The lowest BCUT2D eigenvalue weighted by Gasteiger charge is -2.14. The highest BCUT2D eigenvalue weighted by molar-refractivity contribution is 5.94. The minimum atomic E-state index is -1.87. The molecule has 0 saturated carbocycles. The molecule has 2 aromatic heterocycles. The summed E-state index contributed by atoms with van der Waals surface area (Å²) in [6, 6.07) is 2.87. The zero-order valence-electron chi connectivity index (χ0n) is 18.0. The van der Waals surface area contributed by atoms with Crippen LogP contribution in [0.3, 0.4) is 0 Å². The molecule has 3 rings (SSSR count). The Kier molecular flexibility index (Phi) is 7.01. The van der Waals surface area contributed by atoms with Gasteiger partial charge >= 0.3 is 0 Å². The summed E-state index contributed by atoms with van der Waals surface area (Å²) in [4.78, 5) is 20.4. The number of methoxy groups -OCH3 is 1. The maximum absolute atomic E-state index is 14.6. The average Bonchev–Trinajstić information content (AvgIpc) is 3.18. The highest BCUT2D eigenvalue weighted by Crippen LogP contribution is 2.24. The Labute approximate surface area is 184 Å². The second kappa shape index (κ2) is 9.71. The van der Waals surface area contributed by atoms with Gasteiger partial charge in [-0.1, -0.05) is 0 Å². The van der Waals surface area contributed by atoms with Crippen molar-refractivity contribution in [1.29, 1.82) is 0 Å². The van der Waals surface area contributed by atoms with Crippen LogP contribution in [0, 0.1) is 5.82 Å². The molecule has 1 amide bonds. The molecule has 0 aliphatic heterocycles. The zero-order valence-corrected chi connectivity index (χ0v) is 18.0. The summed E-state index contributed by atoms with van der Waals surface area (Å²) in [6.07, 6.45) is 7.14. The van der Waals surface area contributed by atoms with Gasteiger partial charge in [-0.05, 0) is 43.0 Å². The molecular weight excluding hydrogens is 419 g/mol. The summed E-state index contributed by atoms with van der Waals surface area (Å²) in [5, 5.41) is 28.4. The SMILES string of the molecule is CNC(=O)c1cc(CCc2cnc(Nc3cnn(CC(C)(O)O)c3)nc2)c(F)c(OC)c1. The van der Waals surface area contributed by atoms with Crippen LogP contribution in [0.2, 0.25) is 0 Å². The summed E-state index contributed by atoms with van der Waals surface area (Å²) in [5.74, 6) is -2.35. The Morgan fingerprint density at radius 3 is 2.56 bits per heavy atom. The Bertz CT molecular complexity index is 1080. The summed E-state index contributed by atoms with van der Waals surface area (Å²) in [6.45, 7) is 1.18. The fourth-order valence-electron chi connectivity index (χ4n) is 3.04. The van der Waals surface area contributed by atoms with Crippen molar-refractivity contribution in [1.82, 2.24) is 25.1 Å². The van der Waals surface area contributed by atoms with Crippen molar-refractivity contribution < 1.29 is 24.1 Å². The highest BCUT2D eigenvalue weighted by Gasteiger charge is 2.17. The van der Waals surface area contributed by atoms with Gasteiger partial charge in [0.05, 0.1) is 25.5 Å². The number of benzene rings is 1. The molecule has 1 aromatic carbocycles. The van der Waals surface area contributed by atoms with Crippen LogP contribution in [0.15, 0.2) is 36.9 Å². The molecule has 0 aliphatic rings. The first-order valence-corrected chi connectivity index (χ1v) is 9.82. The number of hydrogen-bond acceptors (Lipinski definition) is 8. The molecule has 0 fully saturated rings. The lowest BCUT2D eigenvalue weighted by molar-refractivity contribution is -0.156. The van der Waals surface area contributed by atoms with E-state index in [-0.39, 0.29) is 18.2 Å². The molecule has 0 unspecified atom stereocenters. The van der Waals surface area contributed by atoms with Gasteiger partial charge in [0, 0.05) is 31.2 Å². The second-order valence-electron chi connectivity index (χ2n) is 7.41. The molecule has 2 heterocycles. The molecular formula is C21H25FN6O4. The molecule has 4 N–H and O–H groups in total. The predicted octanol–water partition coefficient (Wildman–Crippen LogP) is 1.41. The quantitative estimate of drug-likeness (QED) is 0.364. The van der Waals surface area contributed by atoms with Gasteiger partial charge in [-0.3, -0.25) is 9.48 Å². The first-order valence-electron chi connectivity index (χ1n) is 9.82. The van der Waals surface area contributed by atoms with Gasteiger partial charge < -0.3 is 25.6 Å². The van der Waals surface area contributed by atoms with E-state index < -0.39 is 11.6 Å². The fourth-order valence-corrected chi connectivity index (χ4v) is 3.04.